The monoisotopic (exact) mass is 221 g/mol. The predicted molar refractivity (Wildman–Crippen MR) is 53.1 cm³/mol. The van der Waals surface area contributed by atoms with Gasteiger partial charge in [-0.1, -0.05) is 13.8 Å². The fraction of sp³-hybridized carbons (Fsp3) is 0.889. The fourth-order valence-corrected chi connectivity index (χ4v) is 0.968. The molecule has 1 unspecified atom stereocenters. The molecule has 0 bridgehead atoms. The van der Waals surface area contributed by atoms with Crippen LogP contribution >= 0.6 is 0 Å². The molecule has 90 valence electrons. The van der Waals surface area contributed by atoms with Crippen LogP contribution < -0.4 is 5.48 Å². The fourth-order valence-electron chi connectivity index (χ4n) is 0.968. The minimum atomic E-state index is -0.998. The number of nitrogens with one attached hydrogen (secondary N) is 1. The summed E-state index contributed by atoms with van der Waals surface area (Å²) < 4.78 is 0. The number of carboxylic acid groups (broad SMARTS) is 1. The van der Waals surface area contributed by atoms with Crippen LogP contribution in [-0.2, 0) is 9.63 Å². The van der Waals surface area contributed by atoms with Crippen LogP contribution in [0.3, 0.4) is 0 Å². The maximum Gasteiger partial charge on any atom is 0.323 e. The summed E-state index contributed by atoms with van der Waals surface area (Å²) in [6.07, 6.45) is -0.559. The van der Waals surface area contributed by atoms with Gasteiger partial charge in [-0.2, -0.15) is 5.48 Å². The van der Waals surface area contributed by atoms with Crippen LogP contribution in [0.4, 0.5) is 0 Å². The number of hydrogen-bond donors (Lipinski definition) is 4. The normalized spacial score (nSPS) is 15.3. The van der Waals surface area contributed by atoms with Crippen molar-refractivity contribution in [1.29, 1.82) is 0 Å². The maximum atomic E-state index is 10.7. The first-order valence-electron chi connectivity index (χ1n) is 4.86. The first-order chi connectivity index (χ1) is 6.97. The van der Waals surface area contributed by atoms with Crippen molar-refractivity contribution in [3.63, 3.8) is 0 Å². The summed E-state index contributed by atoms with van der Waals surface area (Å²) in [5, 5.41) is 26.2. The summed E-state index contributed by atoms with van der Waals surface area (Å²) in [6, 6.07) is -0.795. The third-order valence-electron chi connectivity index (χ3n) is 1.72. The third kappa shape index (κ3) is 7.26. The van der Waals surface area contributed by atoms with E-state index in [2.05, 4.69) is 5.48 Å². The van der Waals surface area contributed by atoms with Crippen molar-refractivity contribution in [3.05, 3.63) is 0 Å². The largest absolute Gasteiger partial charge is 0.480 e. The van der Waals surface area contributed by atoms with Crippen molar-refractivity contribution in [2.75, 3.05) is 13.2 Å². The molecular weight excluding hydrogens is 202 g/mol. The zero-order valence-corrected chi connectivity index (χ0v) is 9.01. The highest BCUT2D eigenvalue weighted by atomic mass is 16.7. The van der Waals surface area contributed by atoms with Crippen molar-refractivity contribution >= 4 is 5.97 Å². The lowest BCUT2D eigenvalue weighted by atomic mass is 10.1. The quantitative estimate of drug-likeness (QED) is 0.407. The first kappa shape index (κ1) is 14.3. The van der Waals surface area contributed by atoms with Gasteiger partial charge in [0.25, 0.3) is 0 Å². The number of hydrogen-bond acceptors (Lipinski definition) is 5. The van der Waals surface area contributed by atoms with Crippen LogP contribution in [0.1, 0.15) is 20.3 Å². The van der Waals surface area contributed by atoms with Crippen LogP contribution in [0.15, 0.2) is 0 Å². The Balaban J connectivity index is 3.81. The standard InChI is InChI=1S/C9H19NO5/c1-6(2)3-8(9(13)14)10-15-5-7(12)4-11/h6-8,10-12H,3-5H2,1-2H3,(H,13,14)/t7?,8-/m0/s1. The molecule has 0 radical (unpaired) electrons. The Morgan fingerprint density at radius 3 is 2.47 bits per heavy atom. The molecule has 0 aliphatic heterocycles. The van der Waals surface area contributed by atoms with Crippen LogP contribution in [0.2, 0.25) is 0 Å². The van der Waals surface area contributed by atoms with Crippen LogP contribution in [-0.4, -0.2) is 46.6 Å². The summed E-state index contributed by atoms with van der Waals surface area (Å²) in [5.74, 6) is -0.771. The molecule has 0 rings (SSSR count). The molecule has 0 spiro atoms. The average Bonchev–Trinajstić information content (AvgIpc) is 2.15. The zero-order valence-electron chi connectivity index (χ0n) is 9.01. The average molecular weight is 221 g/mol. The first-order valence-corrected chi connectivity index (χ1v) is 4.86. The summed E-state index contributed by atoms with van der Waals surface area (Å²) in [4.78, 5) is 15.5. The van der Waals surface area contributed by atoms with Gasteiger partial charge < -0.3 is 15.3 Å². The highest BCUT2D eigenvalue weighted by Gasteiger charge is 2.18. The zero-order chi connectivity index (χ0) is 11.8. The van der Waals surface area contributed by atoms with Crippen LogP contribution in [0.5, 0.6) is 0 Å². The van der Waals surface area contributed by atoms with E-state index >= 15 is 0 Å². The number of rotatable bonds is 8. The molecule has 0 saturated heterocycles. The minimum Gasteiger partial charge on any atom is -0.480 e. The number of aliphatic hydroxyl groups excluding tert-OH is 2. The Kier molecular flexibility index (Phi) is 7.23. The van der Waals surface area contributed by atoms with Gasteiger partial charge in [-0.25, -0.2) is 0 Å². The molecular formula is C9H19NO5. The van der Waals surface area contributed by atoms with E-state index in [1.165, 1.54) is 0 Å². The Bertz CT molecular complexity index is 185. The summed E-state index contributed by atoms with van der Waals surface area (Å²) >= 11 is 0. The molecule has 0 aromatic heterocycles. The lowest BCUT2D eigenvalue weighted by Gasteiger charge is -2.17. The second kappa shape index (κ2) is 7.58. The molecule has 0 fully saturated rings. The highest BCUT2D eigenvalue weighted by Crippen LogP contribution is 2.04. The highest BCUT2D eigenvalue weighted by molar-refractivity contribution is 5.73. The molecule has 0 aromatic rings. The van der Waals surface area contributed by atoms with Gasteiger partial charge >= 0.3 is 5.97 Å². The molecule has 2 atom stereocenters. The van der Waals surface area contributed by atoms with Gasteiger partial charge in [0.1, 0.15) is 12.1 Å². The van der Waals surface area contributed by atoms with Gasteiger partial charge in [0.2, 0.25) is 0 Å². The summed E-state index contributed by atoms with van der Waals surface area (Å²) in [7, 11) is 0. The number of aliphatic carboxylic acids is 1. The van der Waals surface area contributed by atoms with Crippen molar-refractivity contribution in [3.8, 4) is 0 Å². The van der Waals surface area contributed by atoms with Gasteiger partial charge in [0, 0.05) is 0 Å². The predicted octanol–water partition coefficient (Wildman–Crippen LogP) is -0.640. The number of hydroxylamine groups is 1. The maximum absolute atomic E-state index is 10.7. The molecule has 0 aliphatic rings. The van der Waals surface area contributed by atoms with E-state index in [-0.39, 0.29) is 12.5 Å². The molecule has 0 aliphatic carbocycles. The topological polar surface area (TPSA) is 99.0 Å². The minimum absolute atomic E-state index is 0.141. The molecule has 4 N–H and O–H groups in total. The van der Waals surface area contributed by atoms with Crippen molar-refractivity contribution in [2.24, 2.45) is 5.92 Å². The van der Waals surface area contributed by atoms with E-state index in [4.69, 9.17) is 20.2 Å². The lowest BCUT2D eigenvalue weighted by molar-refractivity contribution is -0.146. The Labute approximate surface area is 88.8 Å². The molecule has 6 heteroatoms. The van der Waals surface area contributed by atoms with E-state index in [9.17, 15) is 4.79 Å². The molecule has 15 heavy (non-hydrogen) atoms. The number of carbonyl (C=O) groups is 1. The lowest BCUT2D eigenvalue weighted by Crippen LogP contribution is -2.39. The van der Waals surface area contributed by atoms with Crippen LogP contribution in [0.25, 0.3) is 0 Å². The Morgan fingerprint density at radius 2 is 2.07 bits per heavy atom. The second-order valence-corrected chi connectivity index (χ2v) is 3.79. The molecule has 6 nitrogen and oxygen atoms in total. The smallest absolute Gasteiger partial charge is 0.323 e. The molecule has 0 saturated carbocycles. The SMILES string of the molecule is CC(C)C[C@H](NOCC(O)CO)C(=O)O. The molecule has 0 amide bonds. The van der Waals surface area contributed by atoms with Gasteiger partial charge in [-0.3, -0.25) is 9.63 Å². The summed E-state index contributed by atoms with van der Waals surface area (Å²) in [5.41, 5.74) is 2.35. The summed E-state index contributed by atoms with van der Waals surface area (Å²) in [6.45, 7) is 3.25. The third-order valence-corrected chi connectivity index (χ3v) is 1.72. The molecule has 0 aromatic carbocycles. The number of carboxylic acids is 1. The second-order valence-electron chi connectivity index (χ2n) is 3.79. The van der Waals surface area contributed by atoms with Crippen molar-refractivity contribution < 1.29 is 25.0 Å². The Morgan fingerprint density at radius 1 is 1.47 bits per heavy atom. The van der Waals surface area contributed by atoms with Gasteiger partial charge in [-0.05, 0) is 12.3 Å². The Hall–Kier alpha value is -0.690. The van der Waals surface area contributed by atoms with E-state index in [0.29, 0.717) is 6.42 Å². The van der Waals surface area contributed by atoms with Gasteiger partial charge in [0.15, 0.2) is 0 Å². The van der Waals surface area contributed by atoms with Crippen LogP contribution in [0, 0.1) is 5.92 Å². The van der Waals surface area contributed by atoms with E-state index in [0.717, 1.165) is 0 Å². The van der Waals surface area contributed by atoms with E-state index < -0.39 is 24.7 Å². The van der Waals surface area contributed by atoms with E-state index in [1.807, 2.05) is 13.8 Å². The van der Waals surface area contributed by atoms with Gasteiger partial charge in [-0.15, -0.1) is 0 Å². The van der Waals surface area contributed by atoms with E-state index in [1.54, 1.807) is 0 Å². The molecule has 0 heterocycles. The van der Waals surface area contributed by atoms with Gasteiger partial charge in [0.05, 0.1) is 13.2 Å². The van der Waals surface area contributed by atoms with Crippen molar-refractivity contribution in [1.82, 2.24) is 5.48 Å². The van der Waals surface area contributed by atoms with Crippen molar-refractivity contribution in [2.45, 2.75) is 32.4 Å². The number of aliphatic hydroxyl groups is 2.